The predicted molar refractivity (Wildman–Crippen MR) is 93.2 cm³/mol. The lowest BCUT2D eigenvalue weighted by atomic mass is 9.93. The summed E-state index contributed by atoms with van der Waals surface area (Å²) in [5.41, 5.74) is 3.01. The van der Waals surface area contributed by atoms with Crippen LogP contribution in [0.5, 0.6) is 5.75 Å². The van der Waals surface area contributed by atoms with Crippen LogP contribution in [0.1, 0.15) is 17.2 Å². The fourth-order valence-electron chi connectivity index (χ4n) is 3.23. The lowest BCUT2D eigenvalue weighted by Crippen LogP contribution is -2.42. The van der Waals surface area contributed by atoms with E-state index in [1.54, 1.807) is 7.11 Å². The van der Waals surface area contributed by atoms with Crippen molar-refractivity contribution in [2.24, 2.45) is 0 Å². The number of fused-ring (bicyclic) bond motifs is 1. The van der Waals surface area contributed by atoms with Crippen LogP contribution in [-0.2, 0) is 11.2 Å². The molecule has 0 saturated carbocycles. The van der Waals surface area contributed by atoms with Gasteiger partial charge in [-0.1, -0.05) is 36.4 Å². The highest BCUT2D eigenvalue weighted by molar-refractivity contribution is 5.93. The molecule has 0 bridgehead atoms. The number of aliphatic hydroxyl groups excluding tert-OH is 1. The van der Waals surface area contributed by atoms with Gasteiger partial charge in [-0.3, -0.25) is 9.69 Å². The molecular formula is C19H22N2O3. The van der Waals surface area contributed by atoms with Crippen molar-refractivity contribution in [3.8, 4) is 5.75 Å². The lowest BCUT2D eigenvalue weighted by Gasteiger charge is -2.35. The number of carbonyl (C=O) groups excluding carboxylic acids is 1. The van der Waals surface area contributed by atoms with Crippen molar-refractivity contribution in [3.05, 3.63) is 59.7 Å². The van der Waals surface area contributed by atoms with Crippen LogP contribution in [-0.4, -0.2) is 42.7 Å². The standard InChI is InChI=1S/C19H22N2O3/c1-24-18-9-5-4-8-16(18)20-19(23)12-21-11-10-14-6-2-3-7-15(14)17(21)13-22/h2-9,17,22H,10-13H2,1H3,(H,20,23). The van der Waals surface area contributed by atoms with Crippen LogP contribution in [0.15, 0.2) is 48.5 Å². The molecular weight excluding hydrogens is 304 g/mol. The van der Waals surface area contributed by atoms with Crippen molar-refractivity contribution in [2.45, 2.75) is 12.5 Å². The van der Waals surface area contributed by atoms with Gasteiger partial charge in [-0.05, 0) is 29.7 Å². The number of hydrogen-bond donors (Lipinski definition) is 2. The molecule has 1 unspecified atom stereocenters. The maximum Gasteiger partial charge on any atom is 0.238 e. The quantitative estimate of drug-likeness (QED) is 0.884. The number of methoxy groups -OCH3 is 1. The summed E-state index contributed by atoms with van der Waals surface area (Å²) in [6, 6.07) is 15.3. The molecule has 24 heavy (non-hydrogen) atoms. The normalized spacial score (nSPS) is 17.2. The van der Waals surface area contributed by atoms with Crippen molar-refractivity contribution in [3.63, 3.8) is 0 Å². The van der Waals surface area contributed by atoms with Crippen molar-refractivity contribution in [1.29, 1.82) is 0 Å². The zero-order valence-electron chi connectivity index (χ0n) is 13.7. The Balaban J connectivity index is 1.70. The van der Waals surface area contributed by atoms with Gasteiger partial charge in [0.25, 0.3) is 0 Å². The minimum absolute atomic E-state index is 0.00104. The van der Waals surface area contributed by atoms with Crippen molar-refractivity contribution >= 4 is 11.6 Å². The third-order valence-corrected chi connectivity index (χ3v) is 4.42. The van der Waals surface area contributed by atoms with E-state index in [2.05, 4.69) is 11.4 Å². The topological polar surface area (TPSA) is 61.8 Å². The molecule has 2 aromatic carbocycles. The monoisotopic (exact) mass is 326 g/mol. The molecule has 1 aliphatic heterocycles. The number of nitrogens with one attached hydrogen (secondary N) is 1. The number of nitrogens with zero attached hydrogens (tertiary/aromatic N) is 1. The van der Waals surface area contributed by atoms with Crippen molar-refractivity contribution in [2.75, 3.05) is 32.1 Å². The van der Waals surface area contributed by atoms with Crippen molar-refractivity contribution < 1.29 is 14.6 Å². The largest absolute Gasteiger partial charge is 0.495 e. The first-order valence-electron chi connectivity index (χ1n) is 8.08. The van der Waals surface area contributed by atoms with Gasteiger partial charge in [-0.2, -0.15) is 0 Å². The molecule has 0 saturated heterocycles. The van der Waals surface area contributed by atoms with Gasteiger partial charge in [-0.25, -0.2) is 0 Å². The highest BCUT2D eigenvalue weighted by Gasteiger charge is 2.28. The summed E-state index contributed by atoms with van der Waals surface area (Å²) in [4.78, 5) is 14.5. The van der Waals surface area contributed by atoms with E-state index in [1.165, 1.54) is 5.56 Å². The Labute approximate surface area is 141 Å². The van der Waals surface area contributed by atoms with Crippen molar-refractivity contribution in [1.82, 2.24) is 4.90 Å². The number of aliphatic hydroxyl groups is 1. The number of para-hydroxylation sites is 2. The molecule has 2 aromatic rings. The molecule has 0 fully saturated rings. The Morgan fingerprint density at radius 1 is 1.25 bits per heavy atom. The smallest absolute Gasteiger partial charge is 0.238 e. The molecule has 3 rings (SSSR count). The number of carbonyl (C=O) groups is 1. The highest BCUT2D eigenvalue weighted by Crippen LogP contribution is 2.29. The molecule has 1 heterocycles. The van der Waals surface area contributed by atoms with Gasteiger partial charge in [-0.15, -0.1) is 0 Å². The van der Waals surface area contributed by atoms with Crippen LogP contribution < -0.4 is 10.1 Å². The fraction of sp³-hybridized carbons (Fsp3) is 0.316. The first-order valence-corrected chi connectivity index (χ1v) is 8.08. The van der Waals surface area contributed by atoms with E-state index in [0.29, 0.717) is 11.4 Å². The first-order chi connectivity index (χ1) is 11.7. The molecule has 1 amide bonds. The maximum absolute atomic E-state index is 12.4. The molecule has 5 nitrogen and oxygen atoms in total. The molecule has 1 aliphatic rings. The van der Waals surface area contributed by atoms with Gasteiger partial charge in [0.1, 0.15) is 5.75 Å². The molecule has 126 valence electrons. The van der Waals surface area contributed by atoms with E-state index in [4.69, 9.17) is 4.74 Å². The van der Waals surface area contributed by atoms with E-state index < -0.39 is 0 Å². The lowest BCUT2D eigenvalue weighted by molar-refractivity contribution is -0.118. The summed E-state index contributed by atoms with van der Waals surface area (Å²) in [5, 5.41) is 12.7. The van der Waals surface area contributed by atoms with E-state index >= 15 is 0 Å². The number of anilines is 1. The summed E-state index contributed by atoms with van der Waals surface area (Å²) >= 11 is 0. The van der Waals surface area contributed by atoms with E-state index in [1.807, 2.05) is 47.4 Å². The summed E-state index contributed by atoms with van der Waals surface area (Å²) in [7, 11) is 1.58. The van der Waals surface area contributed by atoms with E-state index in [-0.39, 0.29) is 25.1 Å². The predicted octanol–water partition coefficient (Wildman–Crippen LogP) is 2.23. The Hall–Kier alpha value is -2.37. The Kier molecular flexibility index (Phi) is 5.13. The Bertz CT molecular complexity index is 717. The third-order valence-electron chi connectivity index (χ3n) is 4.42. The molecule has 0 spiro atoms. The van der Waals surface area contributed by atoms with Gasteiger partial charge in [0, 0.05) is 6.54 Å². The summed E-state index contributed by atoms with van der Waals surface area (Å²) in [6.45, 7) is 0.984. The number of amides is 1. The molecule has 5 heteroatoms. The average molecular weight is 326 g/mol. The van der Waals surface area contributed by atoms with Gasteiger partial charge in [0.2, 0.25) is 5.91 Å². The molecule has 0 radical (unpaired) electrons. The molecule has 0 aromatic heterocycles. The second-order valence-electron chi connectivity index (χ2n) is 5.87. The molecule has 0 aliphatic carbocycles. The number of ether oxygens (including phenoxy) is 1. The highest BCUT2D eigenvalue weighted by atomic mass is 16.5. The van der Waals surface area contributed by atoms with Crippen LogP contribution in [0.25, 0.3) is 0 Å². The third kappa shape index (κ3) is 3.42. The maximum atomic E-state index is 12.4. The van der Waals surface area contributed by atoms with Crippen LogP contribution in [0.2, 0.25) is 0 Å². The van der Waals surface area contributed by atoms with Gasteiger partial charge >= 0.3 is 0 Å². The second kappa shape index (κ2) is 7.47. The Morgan fingerprint density at radius 3 is 2.79 bits per heavy atom. The van der Waals surface area contributed by atoms with Gasteiger partial charge < -0.3 is 15.2 Å². The number of rotatable bonds is 5. The average Bonchev–Trinajstić information content (AvgIpc) is 2.62. The Morgan fingerprint density at radius 2 is 2.00 bits per heavy atom. The minimum Gasteiger partial charge on any atom is -0.495 e. The van der Waals surface area contributed by atoms with Crippen LogP contribution in [0.4, 0.5) is 5.69 Å². The van der Waals surface area contributed by atoms with E-state index in [0.717, 1.165) is 18.5 Å². The van der Waals surface area contributed by atoms with E-state index in [9.17, 15) is 9.90 Å². The van der Waals surface area contributed by atoms with Gasteiger partial charge in [0.15, 0.2) is 0 Å². The second-order valence-corrected chi connectivity index (χ2v) is 5.87. The van der Waals surface area contributed by atoms with Gasteiger partial charge in [0.05, 0.1) is 32.0 Å². The number of hydrogen-bond acceptors (Lipinski definition) is 4. The summed E-state index contributed by atoms with van der Waals surface area (Å²) in [5.74, 6) is 0.519. The van der Waals surface area contributed by atoms with Crippen LogP contribution in [0, 0.1) is 0 Å². The summed E-state index contributed by atoms with van der Waals surface area (Å²) < 4.78 is 5.26. The number of benzene rings is 2. The minimum atomic E-state index is -0.140. The SMILES string of the molecule is COc1ccccc1NC(=O)CN1CCc2ccccc2C1CO. The van der Waals surface area contributed by atoms with Crippen LogP contribution >= 0.6 is 0 Å². The molecule has 2 N–H and O–H groups in total. The summed E-state index contributed by atoms with van der Waals surface area (Å²) in [6.07, 6.45) is 0.884. The zero-order chi connectivity index (χ0) is 16.9. The first kappa shape index (κ1) is 16.5. The van der Waals surface area contributed by atoms with Crippen LogP contribution in [0.3, 0.4) is 0 Å². The zero-order valence-corrected chi connectivity index (χ0v) is 13.7. The molecule has 1 atom stereocenters. The fourth-order valence-corrected chi connectivity index (χ4v) is 3.23.